The Labute approximate surface area is 82.8 Å². The third kappa shape index (κ3) is 1.64. The summed E-state index contributed by atoms with van der Waals surface area (Å²) >= 11 is 6.69. The van der Waals surface area contributed by atoms with Gasteiger partial charge in [0.05, 0.1) is 9.15 Å². The van der Waals surface area contributed by atoms with Gasteiger partial charge in [-0.25, -0.2) is 0 Å². The fourth-order valence-electron chi connectivity index (χ4n) is 0.840. The van der Waals surface area contributed by atoms with E-state index in [2.05, 4.69) is 31.9 Å². The molecule has 0 heterocycles. The van der Waals surface area contributed by atoms with Crippen LogP contribution < -0.4 is 0 Å². The van der Waals surface area contributed by atoms with Gasteiger partial charge >= 0.3 is 0 Å². The van der Waals surface area contributed by atoms with Gasteiger partial charge in [0.25, 0.3) is 0 Å². The fourth-order valence-corrected chi connectivity index (χ4v) is 1.60. The van der Waals surface area contributed by atoms with E-state index >= 15 is 0 Å². The Morgan fingerprint density at radius 3 is 2.45 bits per heavy atom. The normalized spacial score (nSPS) is 30.0. The molecule has 0 saturated carbocycles. The number of halogens is 2. The van der Waals surface area contributed by atoms with Crippen LogP contribution >= 0.6 is 31.9 Å². The number of carbonyl (C=O) groups excluding carboxylic acids is 1. The van der Waals surface area contributed by atoms with Crippen molar-refractivity contribution in [1.29, 1.82) is 0 Å². The minimum atomic E-state index is -0.436. The zero-order valence-corrected chi connectivity index (χ0v) is 9.22. The van der Waals surface area contributed by atoms with Crippen LogP contribution in [0, 0.1) is 5.41 Å². The molecule has 0 radical (unpaired) electrons. The second kappa shape index (κ2) is 3.23. The lowest BCUT2D eigenvalue weighted by molar-refractivity contribution is -0.120. The number of hydrogen-bond donors (Lipinski definition) is 0. The van der Waals surface area contributed by atoms with Crippen LogP contribution in [0.25, 0.3) is 0 Å². The highest BCUT2D eigenvalue weighted by Crippen LogP contribution is 2.36. The van der Waals surface area contributed by atoms with Gasteiger partial charge in [0.2, 0.25) is 0 Å². The first kappa shape index (κ1) is 9.20. The molecule has 0 aromatic rings. The van der Waals surface area contributed by atoms with Crippen LogP contribution in [0.5, 0.6) is 0 Å². The maximum absolute atomic E-state index is 11.4. The van der Waals surface area contributed by atoms with Gasteiger partial charge in [-0.05, 0) is 13.0 Å². The van der Waals surface area contributed by atoms with Gasteiger partial charge in [-0.15, -0.1) is 0 Å². The van der Waals surface area contributed by atoms with Crippen molar-refractivity contribution >= 4 is 37.6 Å². The number of hydrogen-bond acceptors (Lipinski definition) is 1. The Bertz CT molecular complexity index is 230. The molecule has 0 aromatic carbocycles. The zero-order valence-electron chi connectivity index (χ0n) is 6.05. The molecule has 1 rings (SSSR count). The van der Waals surface area contributed by atoms with Crippen molar-refractivity contribution in [3.8, 4) is 0 Å². The van der Waals surface area contributed by atoms with Gasteiger partial charge < -0.3 is 0 Å². The molecule has 0 bridgehead atoms. The second-order valence-corrected chi connectivity index (χ2v) is 5.73. The molecule has 0 unspecified atom stereocenters. The molecule has 0 aliphatic heterocycles. The SMILES string of the molecule is C[C@]1(C(Br)Br)C=CC=CC1=O. The smallest absolute Gasteiger partial charge is 0.167 e. The van der Waals surface area contributed by atoms with E-state index in [-0.39, 0.29) is 9.52 Å². The van der Waals surface area contributed by atoms with Crippen LogP contribution in [0.3, 0.4) is 0 Å². The molecule has 3 heteroatoms. The second-order valence-electron chi connectivity index (χ2n) is 2.67. The topological polar surface area (TPSA) is 17.1 Å². The highest BCUT2D eigenvalue weighted by molar-refractivity contribution is 9.24. The van der Waals surface area contributed by atoms with Crippen molar-refractivity contribution < 1.29 is 4.79 Å². The number of rotatable bonds is 1. The summed E-state index contributed by atoms with van der Waals surface area (Å²) in [5, 5.41) is 0. The summed E-state index contributed by atoms with van der Waals surface area (Å²) in [6, 6.07) is 0. The van der Waals surface area contributed by atoms with E-state index in [0.717, 1.165) is 0 Å². The monoisotopic (exact) mass is 278 g/mol. The van der Waals surface area contributed by atoms with Crippen molar-refractivity contribution in [2.24, 2.45) is 5.41 Å². The largest absolute Gasteiger partial charge is 0.294 e. The summed E-state index contributed by atoms with van der Waals surface area (Å²) in [5.74, 6) is 0.124. The molecule has 11 heavy (non-hydrogen) atoms. The minimum absolute atomic E-state index is 0.00352. The Morgan fingerprint density at radius 2 is 2.09 bits per heavy atom. The van der Waals surface area contributed by atoms with E-state index in [9.17, 15) is 4.79 Å². The van der Waals surface area contributed by atoms with Gasteiger partial charge in [0.15, 0.2) is 5.78 Å². The molecule has 1 aliphatic rings. The Kier molecular flexibility index (Phi) is 2.70. The summed E-state index contributed by atoms with van der Waals surface area (Å²) in [6.45, 7) is 1.89. The van der Waals surface area contributed by atoms with Crippen LogP contribution in [0.2, 0.25) is 0 Å². The molecule has 0 N–H and O–H groups in total. The van der Waals surface area contributed by atoms with Crippen LogP contribution in [-0.2, 0) is 4.79 Å². The van der Waals surface area contributed by atoms with E-state index in [4.69, 9.17) is 0 Å². The molecule has 1 aliphatic carbocycles. The average molecular weight is 280 g/mol. The van der Waals surface area contributed by atoms with Gasteiger partial charge in [-0.1, -0.05) is 50.1 Å². The molecule has 0 spiro atoms. The first-order valence-electron chi connectivity index (χ1n) is 3.26. The third-order valence-electron chi connectivity index (χ3n) is 1.79. The molecule has 0 fully saturated rings. The highest BCUT2D eigenvalue weighted by Gasteiger charge is 2.35. The van der Waals surface area contributed by atoms with E-state index in [1.54, 1.807) is 12.2 Å². The molecule has 1 atom stereocenters. The summed E-state index contributed by atoms with van der Waals surface area (Å²) in [6.07, 6.45) is 7.13. The quantitative estimate of drug-likeness (QED) is 0.675. The maximum atomic E-state index is 11.4. The standard InChI is InChI=1S/C8H8Br2O/c1-8(7(9)10)5-3-2-4-6(8)11/h2-5,7H,1H3/t8-/m0/s1. The highest BCUT2D eigenvalue weighted by atomic mass is 79.9. The zero-order chi connectivity index (χ0) is 8.48. The van der Waals surface area contributed by atoms with Crippen molar-refractivity contribution in [1.82, 2.24) is 0 Å². The van der Waals surface area contributed by atoms with E-state index < -0.39 is 5.41 Å². The maximum Gasteiger partial charge on any atom is 0.167 e. The first-order valence-corrected chi connectivity index (χ1v) is 5.09. The van der Waals surface area contributed by atoms with E-state index in [1.165, 1.54) is 0 Å². The van der Waals surface area contributed by atoms with Crippen molar-refractivity contribution in [2.45, 2.75) is 10.7 Å². The number of alkyl halides is 2. The van der Waals surface area contributed by atoms with Crippen molar-refractivity contribution in [2.75, 3.05) is 0 Å². The molecule has 0 amide bonds. The van der Waals surface area contributed by atoms with Gasteiger partial charge in [0.1, 0.15) is 0 Å². The van der Waals surface area contributed by atoms with Crippen LogP contribution in [0.15, 0.2) is 24.3 Å². The summed E-state index contributed by atoms with van der Waals surface area (Å²) in [4.78, 5) is 11.4. The number of ketones is 1. The Hall–Kier alpha value is 0.110. The summed E-state index contributed by atoms with van der Waals surface area (Å²) in [7, 11) is 0. The third-order valence-corrected chi connectivity index (χ3v) is 3.69. The average Bonchev–Trinajstić information content (AvgIpc) is 1.95. The van der Waals surface area contributed by atoms with Gasteiger partial charge in [-0.2, -0.15) is 0 Å². The van der Waals surface area contributed by atoms with E-state index in [1.807, 2.05) is 19.1 Å². The van der Waals surface area contributed by atoms with Crippen molar-refractivity contribution in [3.05, 3.63) is 24.3 Å². The minimum Gasteiger partial charge on any atom is -0.294 e. The predicted molar refractivity (Wildman–Crippen MR) is 53.0 cm³/mol. The van der Waals surface area contributed by atoms with Crippen LogP contribution in [0.4, 0.5) is 0 Å². The molecule has 0 saturated heterocycles. The molecular formula is C8H8Br2O. The molecule has 0 aromatic heterocycles. The summed E-state index contributed by atoms with van der Waals surface area (Å²) in [5.41, 5.74) is -0.436. The first-order chi connectivity index (χ1) is 5.07. The number of carbonyl (C=O) groups is 1. The molecule has 60 valence electrons. The predicted octanol–water partition coefficient (Wildman–Crippen LogP) is 2.80. The summed E-state index contributed by atoms with van der Waals surface area (Å²) < 4.78 is -0.00352. The van der Waals surface area contributed by atoms with Crippen LogP contribution in [0.1, 0.15) is 6.92 Å². The lowest BCUT2D eigenvalue weighted by atomic mass is 9.85. The number of allylic oxidation sites excluding steroid dienone is 4. The van der Waals surface area contributed by atoms with Crippen molar-refractivity contribution in [3.63, 3.8) is 0 Å². The lowest BCUT2D eigenvalue weighted by Crippen LogP contribution is -2.31. The Morgan fingerprint density at radius 1 is 1.45 bits per heavy atom. The van der Waals surface area contributed by atoms with E-state index in [0.29, 0.717) is 0 Å². The van der Waals surface area contributed by atoms with Crippen LogP contribution in [-0.4, -0.2) is 9.52 Å². The van der Waals surface area contributed by atoms with Gasteiger partial charge in [0, 0.05) is 0 Å². The van der Waals surface area contributed by atoms with Gasteiger partial charge in [-0.3, -0.25) is 4.79 Å². The molecule has 1 nitrogen and oxygen atoms in total. The lowest BCUT2D eigenvalue weighted by Gasteiger charge is -2.26. The fraction of sp³-hybridized carbons (Fsp3) is 0.375. The Balaban J connectivity index is 2.95. The molecular weight excluding hydrogens is 272 g/mol.